The Hall–Kier alpha value is -0.920. The molecule has 1 atom stereocenters. The van der Waals surface area contributed by atoms with Crippen LogP contribution in [0.4, 0.5) is 0 Å². The van der Waals surface area contributed by atoms with Gasteiger partial charge in [-0.3, -0.25) is 0 Å². The maximum atomic E-state index is 5.28. The lowest BCUT2D eigenvalue weighted by Crippen LogP contribution is -2.09. The lowest BCUT2D eigenvalue weighted by Gasteiger charge is -2.13. The Labute approximate surface area is 74.9 Å². The minimum absolute atomic E-state index is 0.149. The van der Waals surface area contributed by atoms with Crippen molar-refractivity contribution < 1.29 is 9.47 Å². The second-order valence-corrected chi connectivity index (χ2v) is 2.36. The van der Waals surface area contributed by atoms with Crippen LogP contribution in [-0.2, 0) is 9.47 Å². The molecule has 0 aromatic heterocycles. The van der Waals surface area contributed by atoms with Crippen molar-refractivity contribution in [2.45, 2.75) is 39.9 Å². The molecule has 0 bridgehead atoms. The number of rotatable bonds is 6. The minimum Gasteiger partial charge on any atom is -0.463 e. The topological polar surface area (TPSA) is 18.5 Å². The molecule has 70 valence electrons. The lowest BCUT2D eigenvalue weighted by atomic mass is 10.4. The second kappa shape index (κ2) is 8.18. The van der Waals surface area contributed by atoms with E-state index in [2.05, 4.69) is 6.92 Å². The Morgan fingerprint density at radius 3 is 2.33 bits per heavy atom. The molecule has 0 aromatic carbocycles. The minimum atomic E-state index is -0.149. The van der Waals surface area contributed by atoms with Crippen molar-refractivity contribution in [3.05, 3.63) is 24.7 Å². The summed E-state index contributed by atoms with van der Waals surface area (Å²) >= 11 is 0. The van der Waals surface area contributed by atoms with E-state index < -0.39 is 0 Å². The lowest BCUT2D eigenvalue weighted by molar-refractivity contribution is -0.0628. The summed E-state index contributed by atoms with van der Waals surface area (Å²) < 4.78 is 10.5. The van der Waals surface area contributed by atoms with Gasteiger partial charge in [0.05, 0.1) is 12.5 Å². The fraction of sp³-hybridized carbons (Fsp3) is 0.600. The molecular weight excluding hydrogens is 152 g/mol. The van der Waals surface area contributed by atoms with Gasteiger partial charge in [0.2, 0.25) is 6.29 Å². The molecule has 0 aliphatic rings. The zero-order valence-corrected chi connectivity index (χ0v) is 8.12. The molecule has 0 aliphatic heterocycles. The van der Waals surface area contributed by atoms with Gasteiger partial charge in [0.15, 0.2) is 0 Å². The Balaban J connectivity index is 3.59. The van der Waals surface area contributed by atoms with E-state index in [1.807, 2.05) is 26.0 Å². The van der Waals surface area contributed by atoms with Crippen LogP contribution < -0.4 is 0 Å². The molecular formula is C10H18O2. The van der Waals surface area contributed by atoms with Crippen LogP contribution in [0, 0.1) is 0 Å². The molecule has 0 saturated carbocycles. The first-order chi connectivity index (χ1) is 5.85. The van der Waals surface area contributed by atoms with Gasteiger partial charge in [-0.2, -0.15) is 0 Å². The van der Waals surface area contributed by atoms with Gasteiger partial charge in [-0.05, 0) is 19.4 Å². The van der Waals surface area contributed by atoms with Crippen LogP contribution in [0.25, 0.3) is 0 Å². The zero-order valence-electron chi connectivity index (χ0n) is 8.12. The summed E-state index contributed by atoms with van der Waals surface area (Å²) in [5.41, 5.74) is 0. The van der Waals surface area contributed by atoms with Crippen molar-refractivity contribution in [2.24, 2.45) is 0 Å². The summed E-state index contributed by atoms with van der Waals surface area (Å²) in [6.07, 6.45) is 8.82. The largest absolute Gasteiger partial charge is 0.463 e. The van der Waals surface area contributed by atoms with E-state index in [-0.39, 0.29) is 6.29 Å². The van der Waals surface area contributed by atoms with Crippen LogP contribution in [-0.4, -0.2) is 6.29 Å². The van der Waals surface area contributed by atoms with E-state index in [4.69, 9.17) is 9.47 Å². The van der Waals surface area contributed by atoms with Crippen molar-refractivity contribution >= 4 is 0 Å². The quantitative estimate of drug-likeness (QED) is 0.450. The standard InChI is InChI=1S/C10H18O2/c1-4-7-9-12-10(6-3)11-8-5-2/h5,7-10H,4,6H2,1-3H3. The van der Waals surface area contributed by atoms with Crippen molar-refractivity contribution in [1.29, 1.82) is 0 Å². The van der Waals surface area contributed by atoms with Crippen LogP contribution >= 0.6 is 0 Å². The predicted octanol–water partition coefficient (Wildman–Crippen LogP) is 3.21. The molecule has 0 N–H and O–H groups in total. The molecule has 0 radical (unpaired) electrons. The SMILES string of the molecule is CC=COC(CC)OC=CCC. The molecule has 2 nitrogen and oxygen atoms in total. The fourth-order valence-corrected chi connectivity index (χ4v) is 0.630. The van der Waals surface area contributed by atoms with Gasteiger partial charge >= 0.3 is 0 Å². The van der Waals surface area contributed by atoms with E-state index in [0.29, 0.717) is 0 Å². The molecule has 0 amide bonds. The summed E-state index contributed by atoms with van der Waals surface area (Å²) in [4.78, 5) is 0. The average Bonchev–Trinajstić information content (AvgIpc) is 2.11. The Morgan fingerprint density at radius 2 is 1.83 bits per heavy atom. The van der Waals surface area contributed by atoms with E-state index in [1.165, 1.54) is 0 Å². The van der Waals surface area contributed by atoms with Gasteiger partial charge in [-0.15, -0.1) is 0 Å². The third kappa shape index (κ3) is 5.83. The predicted molar refractivity (Wildman–Crippen MR) is 50.5 cm³/mol. The maximum absolute atomic E-state index is 5.28. The molecule has 0 aliphatic carbocycles. The van der Waals surface area contributed by atoms with E-state index in [1.54, 1.807) is 12.5 Å². The van der Waals surface area contributed by atoms with Gasteiger partial charge in [-0.1, -0.05) is 19.9 Å². The summed E-state index contributed by atoms with van der Waals surface area (Å²) in [6, 6.07) is 0. The number of hydrogen-bond donors (Lipinski definition) is 0. The highest BCUT2D eigenvalue weighted by molar-refractivity contribution is 4.72. The van der Waals surface area contributed by atoms with E-state index in [0.717, 1.165) is 12.8 Å². The van der Waals surface area contributed by atoms with Crippen LogP contribution in [0.1, 0.15) is 33.6 Å². The molecule has 0 heterocycles. The van der Waals surface area contributed by atoms with Crippen molar-refractivity contribution in [2.75, 3.05) is 0 Å². The first-order valence-corrected chi connectivity index (χ1v) is 4.42. The zero-order chi connectivity index (χ0) is 9.23. The van der Waals surface area contributed by atoms with Gasteiger partial charge in [0.25, 0.3) is 0 Å². The van der Waals surface area contributed by atoms with Crippen LogP contribution in [0.15, 0.2) is 24.7 Å². The van der Waals surface area contributed by atoms with Gasteiger partial charge in [-0.25, -0.2) is 0 Å². The van der Waals surface area contributed by atoms with E-state index >= 15 is 0 Å². The second-order valence-electron chi connectivity index (χ2n) is 2.36. The molecule has 1 unspecified atom stereocenters. The first kappa shape index (κ1) is 11.1. The fourth-order valence-electron chi connectivity index (χ4n) is 0.630. The monoisotopic (exact) mass is 170 g/mol. The molecule has 0 aromatic rings. The molecule has 0 saturated heterocycles. The van der Waals surface area contributed by atoms with Crippen LogP contribution in [0.3, 0.4) is 0 Å². The summed E-state index contributed by atoms with van der Waals surface area (Å²) in [5.74, 6) is 0. The summed E-state index contributed by atoms with van der Waals surface area (Å²) in [6.45, 7) is 6.00. The third-order valence-electron chi connectivity index (χ3n) is 1.26. The maximum Gasteiger partial charge on any atom is 0.239 e. The van der Waals surface area contributed by atoms with Crippen molar-refractivity contribution in [3.8, 4) is 0 Å². The molecule has 0 fully saturated rings. The normalized spacial score (nSPS) is 13.9. The number of hydrogen-bond acceptors (Lipinski definition) is 2. The molecule has 0 spiro atoms. The highest BCUT2D eigenvalue weighted by atomic mass is 16.7. The van der Waals surface area contributed by atoms with Gasteiger partial charge in [0.1, 0.15) is 0 Å². The number of ether oxygens (including phenoxy) is 2. The number of allylic oxidation sites excluding steroid dienone is 2. The van der Waals surface area contributed by atoms with Crippen LogP contribution in [0.5, 0.6) is 0 Å². The molecule has 12 heavy (non-hydrogen) atoms. The smallest absolute Gasteiger partial charge is 0.239 e. The summed E-state index contributed by atoms with van der Waals surface area (Å²) in [7, 11) is 0. The van der Waals surface area contributed by atoms with Crippen LogP contribution in [0.2, 0.25) is 0 Å². The van der Waals surface area contributed by atoms with E-state index in [9.17, 15) is 0 Å². The Bertz CT molecular complexity index is 139. The first-order valence-electron chi connectivity index (χ1n) is 4.42. The average molecular weight is 170 g/mol. The Kier molecular flexibility index (Phi) is 7.55. The summed E-state index contributed by atoms with van der Waals surface area (Å²) in [5, 5.41) is 0. The highest BCUT2D eigenvalue weighted by Gasteiger charge is 2.00. The van der Waals surface area contributed by atoms with Gasteiger partial charge < -0.3 is 9.47 Å². The molecule has 0 rings (SSSR count). The van der Waals surface area contributed by atoms with Crippen molar-refractivity contribution in [3.63, 3.8) is 0 Å². The third-order valence-corrected chi connectivity index (χ3v) is 1.26. The Morgan fingerprint density at radius 1 is 1.17 bits per heavy atom. The highest BCUT2D eigenvalue weighted by Crippen LogP contribution is 2.01. The van der Waals surface area contributed by atoms with Gasteiger partial charge in [0, 0.05) is 6.42 Å². The van der Waals surface area contributed by atoms with Crippen molar-refractivity contribution in [1.82, 2.24) is 0 Å². The molecule has 2 heteroatoms.